The molecular weight excluding hydrogens is 332 g/mol. The Morgan fingerprint density at radius 1 is 1.36 bits per heavy atom. The van der Waals surface area contributed by atoms with Crippen LogP contribution in [0.1, 0.15) is 35.2 Å². The average molecular weight is 352 g/mol. The molecule has 0 amide bonds. The number of aromatic nitrogens is 2. The number of hydrogen-bond acceptors (Lipinski definition) is 4. The van der Waals surface area contributed by atoms with Crippen molar-refractivity contribution < 1.29 is 4.74 Å². The van der Waals surface area contributed by atoms with Gasteiger partial charge < -0.3 is 4.74 Å². The number of nitrogens with zero attached hydrogens (tertiary/aromatic N) is 2. The Kier molecular flexibility index (Phi) is 3.96. The minimum absolute atomic E-state index is 0.0910. The van der Waals surface area contributed by atoms with Gasteiger partial charge >= 0.3 is 0 Å². The Morgan fingerprint density at radius 2 is 2.20 bits per heavy atom. The summed E-state index contributed by atoms with van der Waals surface area (Å²) in [7, 11) is 0. The maximum atomic E-state index is 12.9. The zero-order chi connectivity index (χ0) is 17.6. The predicted octanol–water partition coefficient (Wildman–Crippen LogP) is 4.42. The zero-order valence-electron chi connectivity index (χ0n) is 14.6. The third-order valence-electron chi connectivity index (χ3n) is 4.69. The first kappa shape index (κ1) is 16.1. The highest BCUT2D eigenvalue weighted by Crippen LogP contribution is 2.32. The lowest BCUT2D eigenvalue weighted by molar-refractivity contribution is 0.340. The van der Waals surface area contributed by atoms with E-state index in [9.17, 15) is 4.79 Å². The van der Waals surface area contributed by atoms with Crippen LogP contribution in [0.4, 0.5) is 0 Å². The van der Waals surface area contributed by atoms with E-state index < -0.39 is 0 Å². The monoisotopic (exact) mass is 352 g/mol. The van der Waals surface area contributed by atoms with Crippen LogP contribution in [0.15, 0.2) is 29.1 Å². The highest BCUT2D eigenvalue weighted by atomic mass is 32.1. The van der Waals surface area contributed by atoms with Crippen LogP contribution in [0.5, 0.6) is 5.75 Å². The van der Waals surface area contributed by atoms with E-state index in [1.54, 1.807) is 11.3 Å². The van der Waals surface area contributed by atoms with Gasteiger partial charge in [0.25, 0.3) is 5.56 Å². The minimum Gasteiger partial charge on any atom is -0.494 e. The van der Waals surface area contributed by atoms with E-state index in [-0.39, 0.29) is 5.56 Å². The van der Waals surface area contributed by atoms with Crippen LogP contribution >= 0.6 is 11.3 Å². The van der Waals surface area contributed by atoms with Crippen LogP contribution in [0.25, 0.3) is 21.9 Å². The summed E-state index contributed by atoms with van der Waals surface area (Å²) >= 11 is 1.60. The molecule has 0 bridgehead atoms. The molecule has 3 aromatic rings. The fourth-order valence-electron chi connectivity index (χ4n) is 3.32. The molecule has 2 aromatic heterocycles. The summed E-state index contributed by atoms with van der Waals surface area (Å²) in [4.78, 5) is 19.7. The maximum Gasteiger partial charge on any atom is 0.262 e. The standard InChI is InChI=1S/C20H20N2O2S/c1-4-24-16-7-5-6-14(11-16)10-15-8-9-22-18(15)21-19-17(20(22)23)12(2)13(3)25-19/h5-7,10-11H,4,8-9H2,1-3H3/b15-10+. The predicted molar refractivity (Wildman–Crippen MR) is 103 cm³/mol. The smallest absolute Gasteiger partial charge is 0.262 e. The van der Waals surface area contributed by atoms with Gasteiger partial charge in [-0.15, -0.1) is 11.3 Å². The highest BCUT2D eigenvalue weighted by Gasteiger charge is 2.23. The molecule has 1 aliphatic rings. The lowest BCUT2D eigenvalue weighted by Crippen LogP contribution is -2.20. The number of ether oxygens (including phenoxy) is 1. The number of hydrogen-bond donors (Lipinski definition) is 0. The van der Waals surface area contributed by atoms with Crippen LogP contribution in [0.2, 0.25) is 0 Å². The summed E-state index contributed by atoms with van der Waals surface area (Å²) in [5, 5.41) is 0.783. The number of fused-ring (bicyclic) bond motifs is 2. The van der Waals surface area contributed by atoms with Gasteiger partial charge in [0.15, 0.2) is 0 Å². The molecule has 4 rings (SSSR count). The summed E-state index contributed by atoms with van der Waals surface area (Å²) in [5.41, 5.74) is 3.33. The summed E-state index contributed by atoms with van der Waals surface area (Å²) in [6, 6.07) is 8.02. The molecule has 3 heterocycles. The van der Waals surface area contributed by atoms with Gasteiger partial charge in [-0.05, 0) is 62.1 Å². The molecule has 0 spiro atoms. The zero-order valence-corrected chi connectivity index (χ0v) is 15.4. The molecule has 4 nitrogen and oxygen atoms in total. The molecule has 0 aliphatic carbocycles. The number of thiophene rings is 1. The Hall–Kier alpha value is -2.40. The first-order valence-electron chi connectivity index (χ1n) is 8.53. The van der Waals surface area contributed by atoms with E-state index >= 15 is 0 Å². The number of benzene rings is 1. The lowest BCUT2D eigenvalue weighted by Gasteiger charge is -2.05. The molecule has 128 valence electrons. The van der Waals surface area contributed by atoms with E-state index in [2.05, 4.69) is 6.08 Å². The second-order valence-electron chi connectivity index (χ2n) is 6.28. The molecule has 0 fully saturated rings. The fourth-order valence-corrected chi connectivity index (χ4v) is 4.34. The molecule has 0 unspecified atom stereocenters. The van der Waals surface area contributed by atoms with Gasteiger partial charge in [-0.2, -0.15) is 0 Å². The van der Waals surface area contributed by atoms with Crippen molar-refractivity contribution in [3.63, 3.8) is 0 Å². The molecule has 0 saturated heterocycles. The molecule has 25 heavy (non-hydrogen) atoms. The third-order valence-corrected chi connectivity index (χ3v) is 5.79. The number of rotatable bonds is 3. The van der Waals surface area contributed by atoms with Crippen LogP contribution in [-0.4, -0.2) is 16.2 Å². The van der Waals surface area contributed by atoms with Crippen LogP contribution in [-0.2, 0) is 6.54 Å². The Bertz CT molecular complexity index is 1060. The fraction of sp³-hybridized carbons (Fsp3) is 0.300. The molecule has 0 atom stereocenters. The van der Waals surface area contributed by atoms with E-state index in [4.69, 9.17) is 9.72 Å². The second-order valence-corrected chi connectivity index (χ2v) is 7.48. The summed E-state index contributed by atoms with van der Waals surface area (Å²) in [5.74, 6) is 1.67. The molecule has 1 aromatic carbocycles. The SMILES string of the molecule is CCOc1cccc(/C=C2\CCn3c2nc2sc(C)c(C)c2c3=O)c1. The van der Waals surface area contributed by atoms with Gasteiger partial charge in [0.05, 0.1) is 12.0 Å². The molecule has 0 radical (unpaired) electrons. The van der Waals surface area contributed by atoms with Crippen LogP contribution in [0.3, 0.4) is 0 Å². The van der Waals surface area contributed by atoms with Crippen molar-refractivity contribution in [1.82, 2.24) is 9.55 Å². The normalized spacial score (nSPS) is 15.1. The van der Waals surface area contributed by atoms with E-state index in [1.807, 2.05) is 49.6 Å². The highest BCUT2D eigenvalue weighted by molar-refractivity contribution is 7.18. The molecule has 0 N–H and O–H groups in total. The lowest BCUT2D eigenvalue weighted by atomic mass is 10.1. The van der Waals surface area contributed by atoms with Gasteiger partial charge in [-0.1, -0.05) is 12.1 Å². The van der Waals surface area contributed by atoms with Gasteiger partial charge in [-0.25, -0.2) is 4.98 Å². The molecular formula is C20H20N2O2S. The van der Waals surface area contributed by atoms with Crippen molar-refractivity contribution in [2.24, 2.45) is 0 Å². The van der Waals surface area contributed by atoms with Crippen molar-refractivity contribution in [1.29, 1.82) is 0 Å². The summed E-state index contributed by atoms with van der Waals surface area (Å²) in [6.07, 6.45) is 2.95. The van der Waals surface area contributed by atoms with Crippen molar-refractivity contribution in [2.45, 2.75) is 33.7 Å². The topological polar surface area (TPSA) is 44.1 Å². The van der Waals surface area contributed by atoms with Gasteiger partial charge in [-0.3, -0.25) is 9.36 Å². The Labute approximate surface area is 150 Å². The van der Waals surface area contributed by atoms with Crippen molar-refractivity contribution in [3.05, 3.63) is 56.4 Å². The quantitative estimate of drug-likeness (QED) is 0.701. The molecule has 5 heteroatoms. The molecule has 1 aliphatic heterocycles. The summed E-state index contributed by atoms with van der Waals surface area (Å²) < 4.78 is 7.39. The van der Waals surface area contributed by atoms with E-state index in [1.165, 1.54) is 4.88 Å². The van der Waals surface area contributed by atoms with E-state index in [0.29, 0.717) is 13.2 Å². The first-order valence-corrected chi connectivity index (χ1v) is 9.34. The van der Waals surface area contributed by atoms with Crippen molar-refractivity contribution >= 4 is 33.2 Å². The summed E-state index contributed by atoms with van der Waals surface area (Å²) in [6.45, 7) is 7.38. The maximum absolute atomic E-state index is 12.9. The average Bonchev–Trinajstić information content (AvgIpc) is 3.11. The minimum atomic E-state index is 0.0910. The Balaban J connectivity index is 1.83. The van der Waals surface area contributed by atoms with Gasteiger partial charge in [0.2, 0.25) is 0 Å². The van der Waals surface area contributed by atoms with Crippen LogP contribution in [0, 0.1) is 13.8 Å². The Morgan fingerprint density at radius 3 is 3.00 bits per heavy atom. The first-order chi connectivity index (χ1) is 12.1. The van der Waals surface area contributed by atoms with Crippen LogP contribution < -0.4 is 10.3 Å². The number of aryl methyl sites for hydroxylation is 2. The third kappa shape index (κ3) is 2.68. The molecule has 0 saturated carbocycles. The largest absolute Gasteiger partial charge is 0.494 e. The second kappa shape index (κ2) is 6.15. The van der Waals surface area contributed by atoms with Crippen molar-refractivity contribution in [3.8, 4) is 5.75 Å². The van der Waals surface area contributed by atoms with Gasteiger partial charge in [0, 0.05) is 11.4 Å². The number of allylic oxidation sites excluding steroid dienone is 1. The van der Waals surface area contributed by atoms with Crippen molar-refractivity contribution in [2.75, 3.05) is 6.61 Å². The van der Waals surface area contributed by atoms with E-state index in [0.717, 1.165) is 44.9 Å². The van der Waals surface area contributed by atoms with Gasteiger partial charge in [0.1, 0.15) is 16.4 Å².